The van der Waals surface area contributed by atoms with E-state index >= 15 is 0 Å². The van der Waals surface area contributed by atoms with Crippen LogP contribution in [0.25, 0.3) is 0 Å². The van der Waals surface area contributed by atoms with E-state index < -0.39 is 9.84 Å². The summed E-state index contributed by atoms with van der Waals surface area (Å²) < 4.78 is 28.4. The van der Waals surface area contributed by atoms with Crippen molar-refractivity contribution in [2.45, 2.75) is 4.90 Å². The normalized spacial score (nSPS) is 11.1. The number of nitrogens with two attached hydrogens (primary N) is 1. The van der Waals surface area contributed by atoms with Gasteiger partial charge in [-0.3, -0.25) is 5.41 Å². The summed E-state index contributed by atoms with van der Waals surface area (Å²) in [5.74, 6) is 0.421. The van der Waals surface area contributed by atoms with Crippen LogP contribution >= 0.6 is 0 Å². The molecule has 0 spiro atoms. The van der Waals surface area contributed by atoms with Crippen LogP contribution in [0.2, 0.25) is 0 Å². The van der Waals surface area contributed by atoms with E-state index in [1.807, 2.05) is 0 Å². The summed E-state index contributed by atoms with van der Waals surface area (Å²) in [7, 11) is -3.29. The molecule has 0 aliphatic rings. The van der Waals surface area contributed by atoms with Crippen molar-refractivity contribution in [2.75, 3.05) is 6.26 Å². The Balaban J connectivity index is 2.31. The number of nitrogens with one attached hydrogen (secondary N) is 1. The van der Waals surface area contributed by atoms with Crippen molar-refractivity contribution in [1.29, 1.82) is 5.41 Å². The van der Waals surface area contributed by atoms with Crippen LogP contribution in [-0.2, 0) is 9.84 Å². The lowest BCUT2D eigenvalue weighted by Gasteiger charge is -2.07. The molecule has 0 saturated carbocycles. The van der Waals surface area contributed by atoms with Gasteiger partial charge < -0.3 is 10.5 Å². The van der Waals surface area contributed by atoms with Gasteiger partial charge in [0.15, 0.2) is 9.84 Å². The van der Waals surface area contributed by atoms with Crippen molar-refractivity contribution in [2.24, 2.45) is 5.73 Å². The minimum absolute atomic E-state index is 0.165. The van der Waals surface area contributed by atoms with Gasteiger partial charge in [-0.25, -0.2) is 13.4 Å². The number of hydrogen-bond donors (Lipinski definition) is 2. The van der Waals surface area contributed by atoms with Crippen LogP contribution in [0.1, 0.15) is 5.69 Å². The van der Waals surface area contributed by atoms with Crippen LogP contribution in [0, 0.1) is 5.41 Å². The van der Waals surface area contributed by atoms with Crippen molar-refractivity contribution < 1.29 is 13.2 Å². The zero-order valence-electron chi connectivity index (χ0n) is 10.7. The Labute approximate surface area is 116 Å². The Kier molecular flexibility index (Phi) is 3.71. The van der Waals surface area contributed by atoms with E-state index in [0.717, 1.165) is 6.26 Å². The highest BCUT2D eigenvalue weighted by Crippen LogP contribution is 2.22. The fourth-order valence-electron chi connectivity index (χ4n) is 1.51. The van der Waals surface area contributed by atoms with Crippen LogP contribution < -0.4 is 10.5 Å². The Morgan fingerprint density at radius 2 is 1.95 bits per heavy atom. The molecule has 0 atom stereocenters. The van der Waals surface area contributed by atoms with Gasteiger partial charge in [0.2, 0.25) is 5.88 Å². The van der Waals surface area contributed by atoms with Crippen LogP contribution in [-0.4, -0.2) is 25.5 Å². The molecule has 1 heterocycles. The molecule has 0 aliphatic heterocycles. The predicted molar refractivity (Wildman–Crippen MR) is 74.9 cm³/mol. The highest BCUT2D eigenvalue weighted by atomic mass is 32.2. The maximum Gasteiger partial charge on any atom is 0.219 e. The number of hydrogen-bond acceptors (Lipinski definition) is 5. The Morgan fingerprint density at radius 3 is 2.60 bits per heavy atom. The zero-order chi connectivity index (χ0) is 14.8. The first kappa shape index (κ1) is 14.0. The van der Waals surface area contributed by atoms with E-state index in [4.69, 9.17) is 15.9 Å². The molecule has 2 aromatic rings. The highest BCUT2D eigenvalue weighted by Gasteiger charge is 2.09. The number of nitrogens with zero attached hydrogens (tertiary/aromatic N) is 1. The molecule has 1 aromatic heterocycles. The maximum atomic E-state index is 11.5. The van der Waals surface area contributed by atoms with Crippen molar-refractivity contribution in [3.63, 3.8) is 0 Å². The number of rotatable bonds is 4. The topological polar surface area (TPSA) is 106 Å². The molecular weight excluding hydrogens is 278 g/mol. The lowest BCUT2D eigenvalue weighted by molar-refractivity contribution is 0.461. The molecule has 3 N–H and O–H groups in total. The van der Waals surface area contributed by atoms with E-state index in [9.17, 15) is 8.42 Å². The van der Waals surface area contributed by atoms with Crippen LogP contribution in [0.3, 0.4) is 0 Å². The third-order valence-corrected chi connectivity index (χ3v) is 3.57. The molecule has 104 valence electrons. The quantitative estimate of drug-likeness (QED) is 0.656. The number of nitrogen functional groups attached to an aromatic ring is 1. The second-order valence-corrected chi connectivity index (χ2v) is 6.14. The molecule has 0 unspecified atom stereocenters. The van der Waals surface area contributed by atoms with Gasteiger partial charge in [-0.05, 0) is 24.3 Å². The van der Waals surface area contributed by atoms with Gasteiger partial charge in [0, 0.05) is 12.3 Å². The number of benzene rings is 1. The first-order valence-electron chi connectivity index (χ1n) is 5.66. The third-order valence-electron chi connectivity index (χ3n) is 2.46. The first-order valence-corrected chi connectivity index (χ1v) is 7.55. The summed E-state index contributed by atoms with van der Waals surface area (Å²) in [6.45, 7) is 0. The summed E-state index contributed by atoms with van der Waals surface area (Å²) in [5, 5.41) is 7.31. The monoisotopic (exact) mass is 291 g/mol. The second kappa shape index (κ2) is 5.30. The average molecular weight is 291 g/mol. The van der Waals surface area contributed by atoms with E-state index in [1.165, 1.54) is 12.1 Å². The summed E-state index contributed by atoms with van der Waals surface area (Å²) in [5.41, 5.74) is 5.64. The van der Waals surface area contributed by atoms with Gasteiger partial charge in [-0.15, -0.1) is 0 Å². The van der Waals surface area contributed by atoms with Gasteiger partial charge in [0.1, 0.15) is 17.3 Å². The smallest absolute Gasteiger partial charge is 0.219 e. The summed E-state index contributed by atoms with van der Waals surface area (Å²) >= 11 is 0. The SMILES string of the molecule is CS(=O)(=O)c1cccc(Oc2cccc(C(=N)N)n2)c1. The van der Waals surface area contributed by atoms with E-state index in [0.29, 0.717) is 11.4 Å². The molecule has 20 heavy (non-hydrogen) atoms. The van der Waals surface area contributed by atoms with Gasteiger partial charge in [0.05, 0.1) is 4.90 Å². The first-order chi connectivity index (χ1) is 9.36. The molecule has 7 heteroatoms. The number of amidine groups is 1. The van der Waals surface area contributed by atoms with Gasteiger partial charge in [-0.1, -0.05) is 12.1 Å². The van der Waals surface area contributed by atoms with Crippen molar-refractivity contribution >= 4 is 15.7 Å². The maximum absolute atomic E-state index is 11.5. The van der Waals surface area contributed by atoms with Gasteiger partial charge in [-0.2, -0.15) is 0 Å². The highest BCUT2D eigenvalue weighted by molar-refractivity contribution is 7.90. The molecule has 0 saturated heterocycles. The zero-order valence-corrected chi connectivity index (χ0v) is 11.5. The minimum atomic E-state index is -3.29. The van der Waals surface area contributed by atoms with Crippen LogP contribution in [0.4, 0.5) is 0 Å². The van der Waals surface area contributed by atoms with Gasteiger partial charge >= 0.3 is 0 Å². The molecule has 1 aromatic carbocycles. The van der Waals surface area contributed by atoms with E-state index in [1.54, 1.807) is 30.3 Å². The summed E-state index contributed by atoms with van der Waals surface area (Å²) in [6.07, 6.45) is 1.13. The minimum Gasteiger partial charge on any atom is -0.439 e. The molecule has 6 nitrogen and oxygen atoms in total. The number of pyridine rings is 1. The van der Waals surface area contributed by atoms with E-state index in [-0.39, 0.29) is 16.6 Å². The standard InChI is InChI=1S/C13H13N3O3S/c1-20(17,18)10-5-2-4-9(8-10)19-12-7-3-6-11(16-12)13(14)15/h2-8H,1H3,(H3,14,15). The molecule has 0 bridgehead atoms. The fourth-order valence-corrected chi connectivity index (χ4v) is 2.17. The largest absolute Gasteiger partial charge is 0.439 e. The number of sulfone groups is 1. The fraction of sp³-hybridized carbons (Fsp3) is 0.0769. The molecular formula is C13H13N3O3S. The summed E-state index contributed by atoms with van der Waals surface area (Å²) in [6, 6.07) is 10.9. The lowest BCUT2D eigenvalue weighted by Crippen LogP contribution is -2.13. The predicted octanol–water partition coefficient (Wildman–Crippen LogP) is 1.56. The average Bonchev–Trinajstić information content (AvgIpc) is 2.38. The molecule has 0 radical (unpaired) electrons. The van der Waals surface area contributed by atoms with Crippen molar-refractivity contribution in [3.05, 3.63) is 48.2 Å². The number of ether oxygens (including phenoxy) is 1. The number of aromatic nitrogens is 1. The van der Waals surface area contributed by atoms with Crippen molar-refractivity contribution in [1.82, 2.24) is 4.98 Å². The third kappa shape index (κ3) is 3.33. The van der Waals surface area contributed by atoms with Gasteiger partial charge in [0.25, 0.3) is 0 Å². The summed E-state index contributed by atoms with van der Waals surface area (Å²) in [4.78, 5) is 4.20. The van der Waals surface area contributed by atoms with Crippen LogP contribution in [0.5, 0.6) is 11.6 Å². The molecule has 2 rings (SSSR count). The molecule has 0 amide bonds. The second-order valence-electron chi connectivity index (χ2n) is 4.12. The lowest BCUT2D eigenvalue weighted by atomic mass is 10.3. The molecule has 0 aliphatic carbocycles. The Bertz CT molecular complexity index is 757. The molecule has 0 fully saturated rings. The Morgan fingerprint density at radius 1 is 1.25 bits per heavy atom. The van der Waals surface area contributed by atoms with Crippen LogP contribution in [0.15, 0.2) is 47.4 Å². The van der Waals surface area contributed by atoms with E-state index in [2.05, 4.69) is 4.98 Å². The Hall–Kier alpha value is -2.41. The van der Waals surface area contributed by atoms with Crippen molar-refractivity contribution in [3.8, 4) is 11.6 Å².